The molecule has 2 aromatic rings. The van der Waals surface area contributed by atoms with Gasteiger partial charge >= 0.3 is 11.9 Å². The molecule has 2 aromatic carbocycles. The van der Waals surface area contributed by atoms with Gasteiger partial charge in [-0.2, -0.15) is 0 Å². The minimum absolute atomic E-state index is 0.104. The first-order valence-corrected chi connectivity index (χ1v) is 9.16. The van der Waals surface area contributed by atoms with Crippen molar-refractivity contribution in [1.29, 1.82) is 0 Å². The molecule has 0 bridgehead atoms. The SMILES string of the molecule is COc1ccc(CN2CCN(Cc3ccccc3F)CC2)cc1.O=C(O)C(=O)O. The number of piperazine rings is 1. The van der Waals surface area contributed by atoms with Gasteiger partial charge in [-0.15, -0.1) is 0 Å². The number of methoxy groups -OCH3 is 1. The number of ether oxygens (including phenoxy) is 1. The molecule has 8 heteroatoms. The van der Waals surface area contributed by atoms with Crippen LogP contribution in [0.5, 0.6) is 5.75 Å². The van der Waals surface area contributed by atoms with Crippen LogP contribution in [0.25, 0.3) is 0 Å². The van der Waals surface area contributed by atoms with Gasteiger partial charge in [0, 0.05) is 44.8 Å². The van der Waals surface area contributed by atoms with E-state index in [1.54, 1.807) is 13.2 Å². The Morgan fingerprint density at radius 1 is 0.897 bits per heavy atom. The zero-order valence-corrected chi connectivity index (χ0v) is 16.3. The average molecular weight is 404 g/mol. The van der Waals surface area contributed by atoms with Crippen LogP contribution in [0.15, 0.2) is 48.5 Å². The molecule has 1 saturated heterocycles. The van der Waals surface area contributed by atoms with Crippen molar-refractivity contribution in [2.75, 3.05) is 33.3 Å². The number of aliphatic carboxylic acids is 2. The Labute approximate surface area is 168 Å². The molecule has 3 rings (SSSR count). The Morgan fingerprint density at radius 3 is 1.90 bits per heavy atom. The molecule has 7 nitrogen and oxygen atoms in total. The molecule has 0 aliphatic carbocycles. The number of nitrogens with zero attached hydrogens (tertiary/aromatic N) is 2. The maximum atomic E-state index is 13.7. The fourth-order valence-electron chi connectivity index (χ4n) is 2.96. The van der Waals surface area contributed by atoms with E-state index in [9.17, 15) is 4.39 Å². The van der Waals surface area contributed by atoms with Crippen molar-refractivity contribution in [1.82, 2.24) is 9.80 Å². The Bertz CT molecular complexity index is 793. The van der Waals surface area contributed by atoms with Gasteiger partial charge in [-0.1, -0.05) is 30.3 Å². The number of halogens is 1. The van der Waals surface area contributed by atoms with Crippen molar-refractivity contribution in [3.8, 4) is 5.75 Å². The van der Waals surface area contributed by atoms with Crippen molar-refractivity contribution in [2.45, 2.75) is 13.1 Å². The summed E-state index contributed by atoms with van der Waals surface area (Å²) in [5.74, 6) is -2.86. The van der Waals surface area contributed by atoms with E-state index < -0.39 is 11.9 Å². The summed E-state index contributed by atoms with van der Waals surface area (Å²) < 4.78 is 18.9. The molecule has 0 atom stereocenters. The molecule has 0 unspecified atom stereocenters. The normalized spacial score (nSPS) is 14.6. The van der Waals surface area contributed by atoms with Crippen LogP contribution in [0.2, 0.25) is 0 Å². The number of benzene rings is 2. The number of rotatable bonds is 5. The maximum absolute atomic E-state index is 13.7. The smallest absolute Gasteiger partial charge is 0.414 e. The largest absolute Gasteiger partial charge is 0.497 e. The van der Waals surface area contributed by atoms with E-state index in [2.05, 4.69) is 21.9 Å². The van der Waals surface area contributed by atoms with Crippen LogP contribution in [-0.4, -0.2) is 65.2 Å². The second kappa shape index (κ2) is 11.1. The van der Waals surface area contributed by atoms with Crippen molar-refractivity contribution < 1.29 is 28.9 Å². The van der Waals surface area contributed by atoms with E-state index in [1.807, 2.05) is 24.3 Å². The molecule has 2 N–H and O–H groups in total. The van der Waals surface area contributed by atoms with Crippen molar-refractivity contribution in [2.24, 2.45) is 0 Å². The summed E-state index contributed by atoms with van der Waals surface area (Å²) in [6.07, 6.45) is 0. The molecule has 0 saturated carbocycles. The van der Waals surface area contributed by atoms with Gasteiger partial charge in [-0.05, 0) is 23.8 Å². The van der Waals surface area contributed by atoms with E-state index in [0.29, 0.717) is 6.54 Å². The molecule has 1 heterocycles. The van der Waals surface area contributed by atoms with Gasteiger partial charge in [0.1, 0.15) is 11.6 Å². The van der Waals surface area contributed by atoms with Gasteiger partial charge in [-0.25, -0.2) is 14.0 Å². The molecule has 0 amide bonds. The lowest BCUT2D eigenvalue weighted by Crippen LogP contribution is -2.45. The minimum Gasteiger partial charge on any atom is -0.497 e. The number of hydrogen-bond acceptors (Lipinski definition) is 5. The molecule has 1 aliphatic rings. The van der Waals surface area contributed by atoms with Crippen LogP contribution in [-0.2, 0) is 22.7 Å². The van der Waals surface area contributed by atoms with Crippen molar-refractivity contribution in [3.63, 3.8) is 0 Å². The van der Waals surface area contributed by atoms with Gasteiger partial charge in [0.15, 0.2) is 0 Å². The molecular formula is C21H25FN2O5. The number of carboxylic acid groups (broad SMARTS) is 2. The topological polar surface area (TPSA) is 90.3 Å². The monoisotopic (exact) mass is 404 g/mol. The Morgan fingerprint density at radius 2 is 1.41 bits per heavy atom. The van der Waals surface area contributed by atoms with Crippen LogP contribution in [0.1, 0.15) is 11.1 Å². The Balaban J connectivity index is 0.000000438. The summed E-state index contributed by atoms with van der Waals surface area (Å²) in [5, 5.41) is 14.8. The van der Waals surface area contributed by atoms with Crippen LogP contribution in [0, 0.1) is 5.82 Å². The van der Waals surface area contributed by atoms with E-state index in [4.69, 9.17) is 24.5 Å². The molecule has 0 radical (unpaired) electrons. The molecule has 29 heavy (non-hydrogen) atoms. The first kappa shape index (κ1) is 22.3. The van der Waals surface area contributed by atoms with Gasteiger partial charge < -0.3 is 14.9 Å². The first-order valence-electron chi connectivity index (χ1n) is 9.16. The second-order valence-electron chi connectivity index (χ2n) is 6.60. The predicted octanol–water partition coefficient (Wildman–Crippen LogP) is 2.31. The molecule has 156 valence electrons. The average Bonchev–Trinajstić information content (AvgIpc) is 2.72. The first-order chi connectivity index (χ1) is 13.9. The summed E-state index contributed by atoms with van der Waals surface area (Å²) in [7, 11) is 1.68. The van der Waals surface area contributed by atoms with Crippen LogP contribution < -0.4 is 4.74 Å². The minimum atomic E-state index is -1.82. The Hall–Kier alpha value is -2.97. The van der Waals surface area contributed by atoms with Crippen molar-refractivity contribution >= 4 is 11.9 Å². The summed E-state index contributed by atoms with van der Waals surface area (Å²) in [4.78, 5) is 23.0. The molecule has 0 aromatic heterocycles. The highest BCUT2D eigenvalue weighted by atomic mass is 19.1. The van der Waals surface area contributed by atoms with E-state index >= 15 is 0 Å². The quantitative estimate of drug-likeness (QED) is 0.739. The summed E-state index contributed by atoms with van der Waals surface area (Å²) in [5.41, 5.74) is 2.09. The molecule has 1 aliphatic heterocycles. The maximum Gasteiger partial charge on any atom is 0.414 e. The number of carbonyl (C=O) groups is 2. The molecule has 0 spiro atoms. The fourth-order valence-corrected chi connectivity index (χ4v) is 2.96. The van der Waals surface area contributed by atoms with Crippen LogP contribution >= 0.6 is 0 Å². The number of carboxylic acids is 2. The third-order valence-electron chi connectivity index (χ3n) is 4.56. The van der Waals surface area contributed by atoms with Gasteiger partial charge in [0.2, 0.25) is 0 Å². The standard InChI is InChI=1S/C19H23FN2O.C2H2O4/c1-23-18-8-6-16(7-9-18)14-21-10-12-22(13-11-21)15-17-4-2-3-5-19(17)20;3-1(4)2(5)6/h2-9H,10-15H2,1H3;(H,3,4)(H,5,6). The third kappa shape index (κ3) is 7.52. The highest BCUT2D eigenvalue weighted by molar-refractivity contribution is 6.27. The van der Waals surface area contributed by atoms with Gasteiger partial charge in [0.25, 0.3) is 0 Å². The van der Waals surface area contributed by atoms with E-state index in [1.165, 1.54) is 11.6 Å². The lowest BCUT2D eigenvalue weighted by molar-refractivity contribution is -0.159. The highest BCUT2D eigenvalue weighted by Crippen LogP contribution is 2.16. The predicted molar refractivity (Wildman–Crippen MR) is 105 cm³/mol. The van der Waals surface area contributed by atoms with Crippen LogP contribution in [0.4, 0.5) is 4.39 Å². The zero-order valence-electron chi connectivity index (χ0n) is 16.3. The lowest BCUT2D eigenvalue weighted by Gasteiger charge is -2.34. The fraction of sp³-hybridized carbons (Fsp3) is 0.333. The zero-order chi connectivity index (χ0) is 21.2. The summed E-state index contributed by atoms with van der Waals surface area (Å²) >= 11 is 0. The molecular weight excluding hydrogens is 379 g/mol. The third-order valence-corrected chi connectivity index (χ3v) is 4.56. The van der Waals surface area contributed by atoms with Gasteiger partial charge in [-0.3, -0.25) is 9.80 Å². The lowest BCUT2D eigenvalue weighted by atomic mass is 10.1. The van der Waals surface area contributed by atoms with Crippen LogP contribution in [0.3, 0.4) is 0 Å². The van der Waals surface area contributed by atoms with Gasteiger partial charge in [0.05, 0.1) is 7.11 Å². The second-order valence-corrected chi connectivity index (χ2v) is 6.60. The Kier molecular flexibility index (Phi) is 8.57. The highest BCUT2D eigenvalue weighted by Gasteiger charge is 2.18. The summed E-state index contributed by atoms with van der Waals surface area (Å²) in [6.45, 7) is 5.64. The van der Waals surface area contributed by atoms with Crippen molar-refractivity contribution in [3.05, 3.63) is 65.5 Å². The van der Waals surface area contributed by atoms with E-state index in [-0.39, 0.29) is 5.82 Å². The summed E-state index contributed by atoms with van der Waals surface area (Å²) in [6, 6.07) is 15.3. The number of hydrogen-bond donors (Lipinski definition) is 2. The molecule has 1 fully saturated rings. The van der Waals surface area contributed by atoms with E-state index in [0.717, 1.165) is 44.0 Å².